The van der Waals surface area contributed by atoms with Gasteiger partial charge in [0.2, 0.25) is 11.7 Å². The lowest BCUT2D eigenvalue weighted by Gasteiger charge is -2.39. The van der Waals surface area contributed by atoms with Gasteiger partial charge in [-0.1, -0.05) is 0 Å². The van der Waals surface area contributed by atoms with Crippen LogP contribution in [0.2, 0.25) is 0 Å². The SMILES string of the molecule is COC(=O)C1=CC(NC#N)C(NC(C)=O)C(C(O)C(O)CO)O1. The summed E-state index contributed by atoms with van der Waals surface area (Å²) in [6.45, 7) is 0.455. The number of hydrogen-bond acceptors (Lipinski definition) is 9. The largest absolute Gasteiger partial charge is 0.478 e. The average Bonchev–Trinajstić information content (AvgIpc) is 2.53. The van der Waals surface area contributed by atoms with Crippen LogP contribution in [0.15, 0.2) is 11.8 Å². The minimum absolute atomic E-state index is 0.295. The molecule has 5 atom stereocenters. The fourth-order valence-corrected chi connectivity index (χ4v) is 2.17. The van der Waals surface area contributed by atoms with E-state index >= 15 is 0 Å². The summed E-state index contributed by atoms with van der Waals surface area (Å²) in [5, 5.41) is 42.4. The van der Waals surface area contributed by atoms with Gasteiger partial charge in [-0.2, -0.15) is 5.26 Å². The van der Waals surface area contributed by atoms with Gasteiger partial charge in [0.25, 0.3) is 0 Å². The van der Waals surface area contributed by atoms with E-state index in [4.69, 9.17) is 15.1 Å². The van der Waals surface area contributed by atoms with E-state index in [0.29, 0.717) is 0 Å². The van der Waals surface area contributed by atoms with Crippen LogP contribution in [0.4, 0.5) is 0 Å². The van der Waals surface area contributed by atoms with Crippen LogP contribution in [0.25, 0.3) is 0 Å². The van der Waals surface area contributed by atoms with Gasteiger partial charge in [0.1, 0.15) is 18.3 Å². The Hall–Kier alpha value is -2.35. The monoisotopic (exact) mass is 329 g/mol. The van der Waals surface area contributed by atoms with E-state index in [1.807, 2.05) is 0 Å². The van der Waals surface area contributed by atoms with Crippen LogP contribution in [-0.2, 0) is 19.1 Å². The van der Waals surface area contributed by atoms with Crippen molar-refractivity contribution < 1.29 is 34.4 Å². The summed E-state index contributed by atoms with van der Waals surface area (Å²) in [4.78, 5) is 23.0. The summed E-state index contributed by atoms with van der Waals surface area (Å²) >= 11 is 0. The molecular formula is C13H19N3O7. The van der Waals surface area contributed by atoms with Gasteiger partial charge in [-0.25, -0.2) is 4.79 Å². The normalized spacial score (nSPS) is 25.9. The van der Waals surface area contributed by atoms with Crippen LogP contribution in [0, 0.1) is 11.5 Å². The molecule has 128 valence electrons. The highest BCUT2D eigenvalue weighted by atomic mass is 16.6. The second kappa shape index (κ2) is 8.33. The fourth-order valence-electron chi connectivity index (χ4n) is 2.17. The minimum Gasteiger partial charge on any atom is -0.478 e. The Morgan fingerprint density at radius 2 is 2.17 bits per heavy atom. The highest BCUT2D eigenvalue weighted by Crippen LogP contribution is 2.23. The lowest BCUT2D eigenvalue weighted by Crippen LogP contribution is -2.62. The van der Waals surface area contributed by atoms with Crippen molar-refractivity contribution in [3.63, 3.8) is 0 Å². The zero-order valence-corrected chi connectivity index (χ0v) is 12.6. The summed E-state index contributed by atoms with van der Waals surface area (Å²) in [6.07, 6.45) is -1.60. The zero-order chi connectivity index (χ0) is 17.6. The number of esters is 1. The van der Waals surface area contributed by atoms with Crippen LogP contribution >= 0.6 is 0 Å². The topological polar surface area (TPSA) is 161 Å². The van der Waals surface area contributed by atoms with E-state index in [1.54, 1.807) is 6.19 Å². The molecule has 1 heterocycles. The number of methoxy groups -OCH3 is 1. The first kappa shape index (κ1) is 18.7. The maximum atomic E-state index is 11.6. The molecule has 1 aliphatic rings. The molecule has 0 aromatic carbocycles. The van der Waals surface area contributed by atoms with Crippen molar-refractivity contribution >= 4 is 11.9 Å². The van der Waals surface area contributed by atoms with Crippen LogP contribution in [-0.4, -0.2) is 71.3 Å². The van der Waals surface area contributed by atoms with Gasteiger partial charge in [0.05, 0.1) is 25.8 Å². The van der Waals surface area contributed by atoms with E-state index < -0.39 is 48.9 Å². The van der Waals surface area contributed by atoms with Gasteiger partial charge < -0.3 is 35.4 Å². The van der Waals surface area contributed by atoms with Gasteiger partial charge in [-0.15, -0.1) is 0 Å². The molecule has 0 fully saturated rings. The Balaban J connectivity index is 3.21. The van der Waals surface area contributed by atoms with Crippen molar-refractivity contribution in [1.82, 2.24) is 10.6 Å². The maximum absolute atomic E-state index is 11.6. The quantitative estimate of drug-likeness (QED) is 0.195. The van der Waals surface area contributed by atoms with E-state index in [-0.39, 0.29) is 5.76 Å². The van der Waals surface area contributed by atoms with Crippen molar-refractivity contribution in [2.45, 2.75) is 37.3 Å². The number of nitrogens with one attached hydrogen (secondary N) is 2. The van der Waals surface area contributed by atoms with Gasteiger partial charge in [0, 0.05) is 6.92 Å². The second-order valence-corrected chi connectivity index (χ2v) is 4.85. The summed E-state index contributed by atoms with van der Waals surface area (Å²) in [5.74, 6) is -1.63. The van der Waals surface area contributed by atoms with Crippen molar-refractivity contribution in [2.24, 2.45) is 0 Å². The van der Waals surface area contributed by atoms with Crippen LogP contribution in [0.3, 0.4) is 0 Å². The first-order chi connectivity index (χ1) is 10.8. The number of aliphatic hydroxyl groups is 3. The molecule has 1 amide bonds. The molecule has 5 unspecified atom stereocenters. The Morgan fingerprint density at radius 1 is 1.52 bits per heavy atom. The number of hydrogen-bond donors (Lipinski definition) is 5. The highest BCUT2D eigenvalue weighted by Gasteiger charge is 2.43. The third kappa shape index (κ3) is 4.56. The Kier molecular flexibility index (Phi) is 6.77. The number of ether oxygens (including phenoxy) is 2. The summed E-state index contributed by atoms with van der Waals surface area (Å²) < 4.78 is 9.84. The highest BCUT2D eigenvalue weighted by molar-refractivity contribution is 5.86. The van der Waals surface area contributed by atoms with E-state index in [1.165, 1.54) is 13.0 Å². The molecule has 0 radical (unpaired) electrons. The Morgan fingerprint density at radius 3 is 2.65 bits per heavy atom. The van der Waals surface area contributed by atoms with E-state index in [0.717, 1.165) is 7.11 Å². The molecule has 0 aromatic heterocycles. The average molecular weight is 329 g/mol. The molecule has 10 heteroatoms. The number of nitrogens with zero attached hydrogens (tertiary/aromatic N) is 1. The second-order valence-electron chi connectivity index (χ2n) is 4.85. The maximum Gasteiger partial charge on any atom is 0.373 e. The van der Waals surface area contributed by atoms with E-state index in [2.05, 4.69) is 15.4 Å². The Labute approximate surface area is 132 Å². The minimum atomic E-state index is -1.63. The number of amides is 1. The number of carbonyl (C=O) groups excluding carboxylic acids is 2. The molecule has 0 aliphatic carbocycles. The van der Waals surface area contributed by atoms with Crippen LogP contribution < -0.4 is 10.6 Å². The van der Waals surface area contributed by atoms with Crippen molar-refractivity contribution in [2.75, 3.05) is 13.7 Å². The number of rotatable bonds is 6. The number of carbonyl (C=O) groups is 2. The lowest BCUT2D eigenvalue weighted by molar-refractivity contribution is -0.149. The molecular weight excluding hydrogens is 310 g/mol. The van der Waals surface area contributed by atoms with Crippen LogP contribution in [0.5, 0.6) is 0 Å². The molecule has 23 heavy (non-hydrogen) atoms. The Bertz CT molecular complexity index is 516. The first-order valence-corrected chi connectivity index (χ1v) is 6.71. The third-order valence-electron chi connectivity index (χ3n) is 3.24. The van der Waals surface area contributed by atoms with Crippen molar-refractivity contribution in [3.05, 3.63) is 11.8 Å². The third-order valence-corrected chi connectivity index (χ3v) is 3.24. The standard InChI is InChI=1S/C13H19N3O7/c1-6(18)16-10-7(15-5-14)3-9(13(21)22-2)23-12(10)11(20)8(19)4-17/h3,7-8,10-12,15,17,19-20H,4H2,1-2H3,(H,16,18). The molecule has 0 saturated heterocycles. The van der Waals surface area contributed by atoms with Crippen molar-refractivity contribution in [1.29, 1.82) is 5.26 Å². The van der Waals surface area contributed by atoms with Crippen molar-refractivity contribution in [3.8, 4) is 6.19 Å². The summed E-state index contributed by atoms with van der Waals surface area (Å²) in [5.41, 5.74) is 0. The summed E-state index contributed by atoms with van der Waals surface area (Å²) in [7, 11) is 1.12. The van der Waals surface area contributed by atoms with Gasteiger partial charge in [-0.3, -0.25) is 4.79 Å². The fraction of sp³-hybridized carbons (Fsp3) is 0.615. The number of aliphatic hydroxyl groups excluding tert-OH is 3. The smallest absolute Gasteiger partial charge is 0.373 e. The molecule has 1 rings (SSSR count). The van der Waals surface area contributed by atoms with E-state index in [9.17, 15) is 19.8 Å². The summed E-state index contributed by atoms with van der Waals surface area (Å²) in [6, 6.07) is -1.87. The van der Waals surface area contributed by atoms with Gasteiger partial charge in [-0.05, 0) is 6.08 Å². The van der Waals surface area contributed by atoms with Crippen LogP contribution in [0.1, 0.15) is 6.92 Å². The molecule has 0 spiro atoms. The zero-order valence-electron chi connectivity index (χ0n) is 12.6. The number of nitriles is 1. The van der Waals surface area contributed by atoms with Gasteiger partial charge in [0.15, 0.2) is 6.19 Å². The lowest BCUT2D eigenvalue weighted by atomic mass is 9.92. The molecule has 5 N–H and O–H groups in total. The molecule has 10 nitrogen and oxygen atoms in total. The first-order valence-electron chi connectivity index (χ1n) is 6.71. The van der Waals surface area contributed by atoms with Gasteiger partial charge >= 0.3 is 5.97 Å². The predicted octanol–water partition coefficient (Wildman–Crippen LogP) is -2.90. The molecule has 0 saturated carbocycles. The molecule has 0 aromatic rings. The molecule has 1 aliphatic heterocycles. The molecule has 0 bridgehead atoms. The predicted molar refractivity (Wildman–Crippen MR) is 74.2 cm³/mol.